The number of aryl methyl sites for hydroxylation is 1. The van der Waals surface area contributed by atoms with Crippen molar-refractivity contribution in [2.45, 2.75) is 46.0 Å². The lowest BCUT2D eigenvalue weighted by molar-refractivity contribution is 0.0790. The molecule has 0 heterocycles. The quantitative estimate of drug-likeness (QED) is 0.694. The second kappa shape index (κ2) is 4.40. The van der Waals surface area contributed by atoms with Crippen LogP contribution in [0.3, 0.4) is 0 Å². The smallest absolute Gasteiger partial charge is 0.169 e. The average molecular weight is 216 g/mol. The van der Waals surface area contributed by atoms with Gasteiger partial charge in [-0.3, -0.25) is 4.79 Å². The predicted molar refractivity (Wildman–Crippen MR) is 66.7 cm³/mol. The van der Waals surface area contributed by atoms with Crippen molar-refractivity contribution in [3.63, 3.8) is 0 Å². The van der Waals surface area contributed by atoms with Gasteiger partial charge in [-0.15, -0.1) is 0 Å². The minimum Gasteiger partial charge on any atom is -0.294 e. The van der Waals surface area contributed by atoms with Crippen LogP contribution >= 0.6 is 0 Å². The molecule has 1 saturated carbocycles. The van der Waals surface area contributed by atoms with Crippen molar-refractivity contribution in [2.24, 2.45) is 5.41 Å². The highest BCUT2D eigenvalue weighted by molar-refractivity contribution is 6.01. The normalized spacial score (nSPS) is 18.6. The van der Waals surface area contributed by atoms with E-state index < -0.39 is 0 Å². The molecule has 1 nitrogen and oxygen atoms in total. The first kappa shape index (κ1) is 11.4. The van der Waals surface area contributed by atoms with E-state index in [0.29, 0.717) is 5.78 Å². The molecule has 1 aliphatic carbocycles. The van der Waals surface area contributed by atoms with Crippen molar-refractivity contribution in [1.82, 2.24) is 0 Å². The fraction of sp³-hybridized carbons (Fsp3) is 0.533. The zero-order valence-corrected chi connectivity index (χ0v) is 10.3. The first-order chi connectivity index (χ1) is 7.69. The van der Waals surface area contributed by atoms with Crippen LogP contribution in [-0.2, 0) is 0 Å². The van der Waals surface area contributed by atoms with Crippen LogP contribution in [0, 0.1) is 12.3 Å². The molecule has 0 unspecified atom stereocenters. The fourth-order valence-electron chi connectivity index (χ4n) is 2.91. The second-order valence-corrected chi connectivity index (χ2v) is 4.99. The molecule has 0 spiro atoms. The summed E-state index contributed by atoms with van der Waals surface area (Å²) in [5, 5.41) is 0. The van der Waals surface area contributed by atoms with E-state index in [1.165, 1.54) is 12.8 Å². The van der Waals surface area contributed by atoms with Crippen LogP contribution < -0.4 is 0 Å². The van der Waals surface area contributed by atoms with Gasteiger partial charge in [0.2, 0.25) is 0 Å². The molecule has 2 rings (SSSR count). The third-order valence-electron chi connectivity index (χ3n) is 4.11. The van der Waals surface area contributed by atoms with Crippen LogP contribution in [0.1, 0.15) is 54.9 Å². The highest BCUT2D eigenvalue weighted by Crippen LogP contribution is 2.43. The SMILES string of the molecule is CCC1(C(=O)c2ccccc2C)CCCC1. The van der Waals surface area contributed by atoms with Crippen LogP contribution in [0.25, 0.3) is 0 Å². The Hall–Kier alpha value is -1.11. The molecule has 1 aromatic rings. The minimum absolute atomic E-state index is 0.0495. The van der Waals surface area contributed by atoms with E-state index in [1.807, 2.05) is 31.2 Å². The maximum Gasteiger partial charge on any atom is 0.169 e. The number of rotatable bonds is 3. The lowest BCUT2D eigenvalue weighted by Gasteiger charge is -2.26. The van der Waals surface area contributed by atoms with Gasteiger partial charge < -0.3 is 0 Å². The second-order valence-electron chi connectivity index (χ2n) is 4.99. The van der Waals surface area contributed by atoms with Gasteiger partial charge in [-0.25, -0.2) is 0 Å². The molecule has 0 aliphatic heterocycles. The molecular formula is C15H20O. The van der Waals surface area contributed by atoms with E-state index >= 15 is 0 Å². The van der Waals surface area contributed by atoms with Gasteiger partial charge in [0, 0.05) is 11.0 Å². The van der Waals surface area contributed by atoms with Crippen LogP contribution in [0.15, 0.2) is 24.3 Å². The van der Waals surface area contributed by atoms with Gasteiger partial charge in [-0.05, 0) is 31.7 Å². The summed E-state index contributed by atoms with van der Waals surface area (Å²) in [6, 6.07) is 7.98. The highest BCUT2D eigenvalue weighted by atomic mass is 16.1. The molecule has 1 heteroatoms. The monoisotopic (exact) mass is 216 g/mol. The van der Waals surface area contributed by atoms with E-state index in [4.69, 9.17) is 0 Å². The van der Waals surface area contributed by atoms with Crippen LogP contribution in [0.4, 0.5) is 0 Å². The Morgan fingerprint density at radius 3 is 2.44 bits per heavy atom. The molecule has 0 atom stereocenters. The van der Waals surface area contributed by atoms with E-state index in [2.05, 4.69) is 6.92 Å². The summed E-state index contributed by atoms with van der Waals surface area (Å²) in [6.45, 7) is 4.19. The molecule has 16 heavy (non-hydrogen) atoms. The highest BCUT2D eigenvalue weighted by Gasteiger charge is 2.39. The maximum absolute atomic E-state index is 12.6. The largest absolute Gasteiger partial charge is 0.294 e. The zero-order valence-electron chi connectivity index (χ0n) is 10.3. The summed E-state index contributed by atoms with van der Waals surface area (Å²) in [5.74, 6) is 0.380. The number of carbonyl (C=O) groups excluding carboxylic acids is 1. The molecule has 1 fully saturated rings. The summed E-state index contributed by atoms with van der Waals surface area (Å²) in [6.07, 6.45) is 5.57. The molecule has 0 N–H and O–H groups in total. The van der Waals surface area contributed by atoms with Crippen molar-refractivity contribution in [3.05, 3.63) is 35.4 Å². The van der Waals surface area contributed by atoms with Gasteiger partial charge in [-0.2, -0.15) is 0 Å². The summed E-state index contributed by atoms with van der Waals surface area (Å²) in [7, 11) is 0. The molecule has 0 radical (unpaired) electrons. The van der Waals surface area contributed by atoms with E-state index in [-0.39, 0.29) is 5.41 Å². The first-order valence-corrected chi connectivity index (χ1v) is 6.30. The third kappa shape index (κ3) is 1.79. The van der Waals surface area contributed by atoms with Crippen LogP contribution in [-0.4, -0.2) is 5.78 Å². The Morgan fingerprint density at radius 1 is 1.25 bits per heavy atom. The van der Waals surface area contributed by atoms with Gasteiger partial charge in [-0.1, -0.05) is 44.0 Å². The Kier molecular flexibility index (Phi) is 3.13. The van der Waals surface area contributed by atoms with Crippen LogP contribution in [0.5, 0.6) is 0 Å². The van der Waals surface area contributed by atoms with Gasteiger partial charge in [0.1, 0.15) is 0 Å². The minimum atomic E-state index is -0.0495. The maximum atomic E-state index is 12.6. The van der Waals surface area contributed by atoms with E-state index in [1.54, 1.807) is 0 Å². The molecule has 0 saturated heterocycles. The Balaban J connectivity index is 2.34. The van der Waals surface area contributed by atoms with Gasteiger partial charge in [0.15, 0.2) is 5.78 Å². The van der Waals surface area contributed by atoms with E-state index in [0.717, 1.165) is 30.4 Å². The lowest BCUT2D eigenvalue weighted by Crippen LogP contribution is -2.27. The van der Waals surface area contributed by atoms with Gasteiger partial charge in [0.25, 0.3) is 0 Å². The van der Waals surface area contributed by atoms with Gasteiger partial charge >= 0.3 is 0 Å². The summed E-state index contributed by atoms with van der Waals surface area (Å²) < 4.78 is 0. The number of carbonyl (C=O) groups is 1. The molecule has 1 aromatic carbocycles. The van der Waals surface area contributed by atoms with Crippen molar-refractivity contribution in [2.75, 3.05) is 0 Å². The number of benzene rings is 1. The van der Waals surface area contributed by atoms with Crippen LogP contribution in [0.2, 0.25) is 0 Å². The zero-order chi connectivity index (χ0) is 11.6. The number of ketones is 1. The third-order valence-corrected chi connectivity index (χ3v) is 4.11. The molecular weight excluding hydrogens is 196 g/mol. The Labute approximate surface area is 97.9 Å². The van der Waals surface area contributed by atoms with Crippen molar-refractivity contribution in [1.29, 1.82) is 0 Å². The topological polar surface area (TPSA) is 17.1 Å². The summed E-state index contributed by atoms with van der Waals surface area (Å²) in [5.41, 5.74) is 2.00. The predicted octanol–water partition coefficient (Wildman–Crippen LogP) is 4.15. The number of hydrogen-bond acceptors (Lipinski definition) is 1. The first-order valence-electron chi connectivity index (χ1n) is 6.30. The Morgan fingerprint density at radius 2 is 1.88 bits per heavy atom. The molecule has 0 aromatic heterocycles. The number of hydrogen-bond donors (Lipinski definition) is 0. The molecule has 86 valence electrons. The lowest BCUT2D eigenvalue weighted by atomic mass is 9.76. The Bertz CT molecular complexity index is 386. The summed E-state index contributed by atoms with van der Waals surface area (Å²) >= 11 is 0. The van der Waals surface area contributed by atoms with E-state index in [9.17, 15) is 4.79 Å². The van der Waals surface area contributed by atoms with Gasteiger partial charge in [0.05, 0.1) is 0 Å². The average Bonchev–Trinajstić information content (AvgIpc) is 2.78. The molecule has 1 aliphatic rings. The van der Waals surface area contributed by atoms with Crippen molar-refractivity contribution < 1.29 is 4.79 Å². The molecule has 0 bridgehead atoms. The molecule has 0 amide bonds. The summed E-state index contributed by atoms with van der Waals surface area (Å²) in [4.78, 5) is 12.6. The van der Waals surface area contributed by atoms with Crippen molar-refractivity contribution in [3.8, 4) is 0 Å². The number of Topliss-reactive ketones (excluding diaryl/α,β-unsaturated/α-hetero) is 1. The fourth-order valence-corrected chi connectivity index (χ4v) is 2.91. The standard InChI is InChI=1S/C15H20O/c1-3-15(10-6-7-11-15)14(16)13-9-5-4-8-12(13)2/h4-5,8-9H,3,6-7,10-11H2,1-2H3. The van der Waals surface area contributed by atoms with Crippen molar-refractivity contribution >= 4 is 5.78 Å².